The van der Waals surface area contributed by atoms with Crippen molar-refractivity contribution >= 4 is 29.2 Å². The molecule has 1 aromatic heterocycles. The van der Waals surface area contributed by atoms with Gasteiger partial charge in [-0.15, -0.1) is 0 Å². The van der Waals surface area contributed by atoms with Gasteiger partial charge in [0, 0.05) is 26.2 Å². The van der Waals surface area contributed by atoms with Gasteiger partial charge in [-0.2, -0.15) is 4.98 Å². The number of aromatic nitrogens is 2. The Kier molecular flexibility index (Phi) is 4.49. The molecule has 0 spiro atoms. The van der Waals surface area contributed by atoms with Crippen LogP contribution in [-0.4, -0.2) is 53.7 Å². The van der Waals surface area contributed by atoms with Gasteiger partial charge in [0.15, 0.2) is 5.82 Å². The number of nitrogen functional groups attached to an aromatic ring is 1. The monoisotopic (exact) mass is 299 g/mol. The number of halogens is 1. The number of rotatable bonds is 2. The maximum Gasteiger partial charge on any atom is 0.409 e. The number of nitrogens with two attached hydrogens (primary N) is 1. The van der Waals surface area contributed by atoms with Crippen molar-refractivity contribution in [2.24, 2.45) is 0 Å². The molecule has 1 fully saturated rings. The predicted molar refractivity (Wildman–Crippen MR) is 77.0 cm³/mol. The summed E-state index contributed by atoms with van der Waals surface area (Å²) in [5.74, 6) is 0.631. The minimum atomic E-state index is -0.281. The minimum Gasteiger partial charge on any atom is -0.450 e. The highest BCUT2D eigenvalue weighted by atomic mass is 35.5. The van der Waals surface area contributed by atoms with Crippen LogP contribution in [0.5, 0.6) is 0 Å². The van der Waals surface area contributed by atoms with E-state index in [1.165, 1.54) is 0 Å². The first kappa shape index (κ1) is 14.6. The number of hydrogen-bond acceptors (Lipinski definition) is 6. The van der Waals surface area contributed by atoms with Gasteiger partial charge in [-0.1, -0.05) is 0 Å². The molecule has 0 bridgehead atoms. The Balaban J connectivity index is 2.06. The number of amides is 1. The predicted octanol–water partition coefficient (Wildman–Crippen LogP) is 1.30. The normalized spacial score (nSPS) is 15.3. The summed E-state index contributed by atoms with van der Waals surface area (Å²) in [7, 11) is 0. The smallest absolute Gasteiger partial charge is 0.409 e. The lowest BCUT2D eigenvalue weighted by molar-refractivity contribution is 0.105. The van der Waals surface area contributed by atoms with Gasteiger partial charge in [0.05, 0.1) is 18.0 Å². The first-order valence-electron chi connectivity index (χ1n) is 6.49. The fourth-order valence-corrected chi connectivity index (χ4v) is 2.30. The van der Waals surface area contributed by atoms with E-state index < -0.39 is 0 Å². The quantitative estimate of drug-likeness (QED) is 0.829. The molecule has 1 aromatic rings. The van der Waals surface area contributed by atoms with Gasteiger partial charge < -0.3 is 20.3 Å². The third-order valence-electron chi connectivity index (χ3n) is 3.19. The average molecular weight is 300 g/mol. The molecule has 0 aliphatic carbocycles. The summed E-state index contributed by atoms with van der Waals surface area (Å²) < 4.78 is 4.98. The first-order valence-corrected chi connectivity index (χ1v) is 6.87. The van der Waals surface area contributed by atoms with Crippen LogP contribution in [0.2, 0.25) is 5.28 Å². The van der Waals surface area contributed by atoms with E-state index in [-0.39, 0.29) is 11.4 Å². The molecule has 0 unspecified atom stereocenters. The molecule has 0 radical (unpaired) electrons. The number of ether oxygens (including phenoxy) is 1. The van der Waals surface area contributed by atoms with Crippen molar-refractivity contribution in [3.05, 3.63) is 11.0 Å². The van der Waals surface area contributed by atoms with E-state index in [0.29, 0.717) is 50.0 Å². The molecule has 1 aliphatic heterocycles. The number of carbonyl (C=O) groups is 1. The summed E-state index contributed by atoms with van der Waals surface area (Å²) in [6.45, 7) is 6.37. The van der Waals surface area contributed by atoms with Crippen molar-refractivity contribution in [3.8, 4) is 0 Å². The highest BCUT2D eigenvalue weighted by Crippen LogP contribution is 2.25. The van der Waals surface area contributed by atoms with Crippen LogP contribution >= 0.6 is 11.6 Å². The van der Waals surface area contributed by atoms with Gasteiger partial charge in [-0.3, -0.25) is 0 Å². The summed E-state index contributed by atoms with van der Waals surface area (Å²) in [6.07, 6.45) is -0.281. The zero-order valence-corrected chi connectivity index (χ0v) is 12.4. The lowest BCUT2D eigenvalue weighted by atomic mass is 10.3. The molecular formula is C12H18ClN5O2. The van der Waals surface area contributed by atoms with Crippen LogP contribution in [0.4, 0.5) is 16.3 Å². The third-order valence-corrected chi connectivity index (χ3v) is 3.36. The molecule has 0 atom stereocenters. The van der Waals surface area contributed by atoms with E-state index in [4.69, 9.17) is 22.1 Å². The van der Waals surface area contributed by atoms with Gasteiger partial charge >= 0.3 is 6.09 Å². The molecule has 110 valence electrons. The van der Waals surface area contributed by atoms with Crippen LogP contribution in [0.1, 0.15) is 12.6 Å². The summed E-state index contributed by atoms with van der Waals surface area (Å²) in [5.41, 5.74) is 7.18. The third kappa shape index (κ3) is 3.04. The van der Waals surface area contributed by atoms with Crippen molar-refractivity contribution in [3.63, 3.8) is 0 Å². The fourth-order valence-electron chi connectivity index (χ4n) is 2.09. The fraction of sp³-hybridized carbons (Fsp3) is 0.583. The van der Waals surface area contributed by atoms with Gasteiger partial charge in [-0.05, 0) is 25.4 Å². The molecule has 2 N–H and O–H groups in total. The van der Waals surface area contributed by atoms with E-state index in [0.717, 1.165) is 0 Å². The Hall–Kier alpha value is -1.76. The van der Waals surface area contributed by atoms with Crippen LogP contribution < -0.4 is 10.6 Å². The summed E-state index contributed by atoms with van der Waals surface area (Å²) in [5, 5.41) is 0.180. The Morgan fingerprint density at radius 1 is 1.35 bits per heavy atom. The molecule has 2 rings (SSSR count). The van der Waals surface area contributed by atoms with Crippen molar-refractivity contribution in [2.45, 2.75) is 13.8 Å². The van der Waals surface area contributed by atoms with Gasteiger partial charge in [0.25, 0.3) is 0 Å². The van der Waals surface area contributed by atoms with E-state index in [1.54, 1.807) is 18.7 Å². The van der Waals surface area contributed by atoms with Crippen molar-refractivity contribution < 1.29 is 9.53 Å². The van der Waals surface area contributed by atoms with Crippen molar-refractivity contribution in [1.29, 1.82) is 0 Å². The Morgan fingerprint density at radius 3 is 2.60 bits per heavy atom. The number of carbonyl (C=O) groups excluding carboxylic acids is 1. The molecule has 1 saturated heterocycles. The zero-order valence-electron chi connectivity index (χ0n) is 11.6. The molecule has 2 heterocycles. The van der Waals surface area contributed by atoms with Gasteiger partial charge in [0.2, 0.25) is 5.28 Å². The second-order valence-electron chi connectivity index (χ2n) is 4.49. The molecule has 0 aromatic carbocycles. The molecule has 1 amide bonds. The largest absolute Gasteiger partial charge is 0.450 e. The summed E-state index contributed by atoms with van der Waals surface area (Å²) in [4.78, 5) is 23.5. The van der Waals surface area contributed by atoms with Gasteiger partial charge in [0.1, 0.15) is 0 Å². The topological polar surface area (TPSA) is 84.6 Å². The number of piperazine rings is 1. The first-order chi connectivity index (χ1) is 9.52. The second kappa shape index (κ2) is 6.13. The van der Waals surface area contributed by atoms with Crippen LogP contribution in [-0.2, 0) is 4.74 Å². The molecule has 0 saturated carbocycles. The number of nitrogens with zero attached hydrogens (tertiary/aromatic N) is 4. The Morgan fingerprint density at radius 2 is 2.00 bits per heavy atom. The minimum absolute atomic E-state index is 0.180. The Bertz CT molecular complexity index is 503. The Labute approximate surface area is 122 Å². The summed E-state index contributed by atoms with van der Waals surface area (Å²) >= 11 is 5.87. The lowest BCUT2D eigenvalue weighted by Gasteiger charge is -2.35. The maximum absolute atomic E-state index is 11.6. The number of aryl methyl sites for hydroxylation is 1. The average Bonchev–Trinajstić information content (AvgIpc) is 2.43. The van der Waals surface area contributed by atoms with Crippen LogP contribution in [0.15, 0.2) is 0 Å². The van der Waals surface area contributed by atoms with Gasteiger partial charge in [-0.25, -0.2) is 9.78 Å². The highest BCUT2D eigenvalue weighted by Gasteiger charge is 2.24. The molecule has 1 aliphatic rings. The second-order valence-corrected chi connectivity index (χ2v) is 4.83. The molecule has 8 heteroatoms. The zero-order chi connectivity index (χ0) is 14.7. The van der Waals surface area contributed by atoms with E-state index in [9.17, 15) is 4.79 Å². The lowest BCUT2D eigenvalue weighted by Crippen LogP contribution is -2.49. The molecule has 7 nitrogen and oxygen atoms in total. The van der Waals surface area contributed by atoms with Crippen LogP contribution in [0.25, 0.3) is 0 Å². The number of hydrogen-bond donors (Lipinski definition) is 1. The molecular weight excluding hydrogens is 282 g/mol. The number of anilines is 2. The molecule has 20 heavy (non-hydrogen) atoms. The standard InChI is InChI=1S/C12H18ClN5O2/c1-3-20-12(19)18-6-4-17(5-7-18)10-9(14)8(2)15-11(13)16-10/h3-7,14H2,1-2H3. The van der Waals surface area contributed by atoms with E-state index in [1.807, 2.05) is 4.90 Å². The van der Waals surface area contributed by atoms with E-state index in [2.05, 4.69) is 9.97 Å². The van der Waals surface area contributed by atoms with E-state index >= 15 is 0 Å². The summed E-state index contributed by atoms with van der Waals surface area (Å²) in [6, 6.07) is 0. The van der Waals surface area contributed by atoms with Crippen LogP contribution in [0, 0.1) is 6.92 Å². The SMILES string of the molecule is CCOC(=O)N1CCN(c2nc(Cl)nc(C)c2N)CC1. The highest BCUT2D eigenvalue weighted by molar-refractivity contribution is 6.28. The maximum atomic E-state index is 11.6. The van der Waals surface area contributed by atoms with Crippen LogP contribution in [0.3, 0.4) is 0 Å². The van der Waals surface area contributed by atoms with Crippen molar-refractivity contribution in [2.75, 3.05) is 43.4 Å². The van der Waals surface area contributed by atoms with Crippen molar-refractivity contribution in [1.82, 2.24) is 14.9 Å².